The quantitative estimate of drug-likeness (QED) is 0.253. The number of hydrogen-bond donors (Lipinski definition) is 1. The molecule has 3 aromatic carbocycles. The maximum absolute atomic E-state index is 14.4. The van der Waals surface area contributed by atoms with Gasteiger partial charge in [-0.3, -0.25) is 4.79 Å². The second-order valence-corrected chi connectivity index (χ2v) is 12.2. The lowest BCUT2D eigenvalue weighted by Crippen LogP contribution is -3.00. The average Bonchev–Trinajstić information content (AvgIpc) is 2.80. The van der Waals surface area contributed by atoms with Crippen molar-refractivity contribution < 1.29 is 40.1 Å². The van der Waals surface area contributed by atoms with Gasteiger partial charge in [-0.25, -0.2) is 13.2 Å². The molecule has 0 aliphatic carbocycles. The van der Waals surface area contributed by atoms with E-state index in [1.165, 1.54) is 36.4 Å². The molecular weight excluding hydrogens is 536 g/mol. The largest absolute Gasteiger partial charge is 1.00 e. The second kappa shape index (κ2) is 14.4. The summed E-state index contributed by atoms with van der Waals surface area (Å²) < 4.78 is 43.1. The predicted molar refractivity (Wildman–Crippen MR) is 134 cm³/mol. The highest BCUT2D eigenvalue weighted by Gasteiger charge is 2.45. The van der Waals surface area contributed by atoms with Gasteiger partial charge in [0.05, 0.1) is 6.16 Å². The van der Waals surface area contributed by atoms with Gasteiger partial charge in [-0.2, -0.15) is 0 Å². The average molecular weight is 567 g/mol. The molecule has 0 saturated heterocycles. The van der Waals surface area contributed by atoms with Crippen molar-refractivity contribution in [1.29, 1.82) is 0 Å². The first-order chi connectivity index (χ1) is 16.4. The molecule has 0 amide bonds. The van der Waals surface area contributed by atoms with E-state index in [1.54, 1.807) is 18.2 Å². The summed E-state index contributed by atoms with van der Waals surface area (Å²) in [4.78, 5) is 10.6. The van der Waals surface area contributed by atoms with Crippen molar-refractivity contribution in [3.8, 4) is 0 Å². The molecule has 0 bridgehead atoms. The van der Waals surface area contributed by atoms with E-state index >= 15 is 0 Å². The molecule has 0 unspecified atom stereocenters. The number of unbranched alkanes of at least 4 members (excludes halogenated alkanes) is 6. The van der Waals surface area contributed by atoms with E-state index in [4.69, 9.17) is 5.11 Å². The zero-order chi connectivity index (χ0) is 24.4. The van der Waals surface area contributed by atoms with Crippen LogP contribution in [0.4, 0.5) is 13.2 Å². The summed E-state index contributed by atoms with van der Waals surface area (Å²) in [5, 5.41) is 11.1. The van der Waals surface area contributed by atoms with Crippen molar-refractivity contribution >= 4 is 29.1 Å². The molecule has 0 fully saturated rings. The number of carbonyl (C=O) groups is 1. The fourth-order valence-corrected chi connectivity index (χ4v) is 8.90. The maximum Gasteiger partial charge on any atom is 0.303 e. The number of aliphatic carboxylic acids is 1. The van der Waals surface area contributed by atoms with Crippen molar-refractivity contribution in [2.24, 2.45) is 0 Å². The molecule has 0 atom stereocenters. The lowest BCUT2D eigenvalue weighted by Gasteiger charge is -2.28. The monoisotopic (exact) mass is 566 g/mol. The highest BCUT2D eigenvalue weighted by atomic mass is 79.9. The van der Waals surface area contributed by atoms with Crippen LogP contribution in [-0.4, -0.2) is 17.2 Å². The molecule has 0 aliphatic heterocycles. The summed E-state index contributed by atoms with van der Waals surface area (Å²) in [5.74, 6) is -1.85. The van der Waals surface area contributed by atoms with Crippen LogP contribution in [0.5, 0.6) is 0 Å². The van der Waals surface area contributed by atoms with E-state index in [0.29, 0.717) is 12.6 Å². The Balaban J connectivity index is 0.00000432. The van der Waals surface area contributed by atoms with Crippen molar-refractivity contribution in [1.82, 2.24) is 0 Å². The Morgan fingerprint density at radius 1 is 0.629 bits per heavy atom. The third-order valence-electron chi connectivity index (χ3n) is 6.13. The van der Waals surface area contributed by atoms with Gasteiger partial charge < -0.3 is 22.1 Å². The minimum Gasteiger partial charge on any atom is -1.00 e. The van der Waals surface area contributed by atoms with Crippen LogP contribution < -0.4 is 32.9 Å². The number of benzene rings is 3. The van der Waals surface area contributed by atoms with Crippen molar-refractivity contribution in [3.63, 3.8) is 0 Å². The van der Waals surface area contributed by atoms with Crippen LogP contribution in [0.1, 0.15) is 51.4 Å². The highest BCUT2D eigenvalue weighted by Crippen LogP contribution is 2.56. The summed E-state index contributed by atoms with van der Waals surface area (Å²) in [6.45, 7) is 0. The van der Waals surface area contributed by atoms with E-state index in [2.05, 4.69) is 0 Å². The second-order valence-electron chi connectivity index (χ2n) is 8.59. The third kappa shape index (κ3) is 8.18. The molecule has 3 aromatic rings. The van der Waals surface area contributed by atoms with Crippen LogP contribution in [0.3, 0.4) is 0 Å². The third-order valence-corrected chi connectivity index (χ3v) is 10.6. The number of carboxylic acid groups (broad SMARTS) is 1. The number of hydrogen-bond acceptors (Lipinski definition) is 1. The van der Waals surface area contributed by atoms with E-state index in [0.717, 1.165) is 54.4 Å². The normalized spacial score (nSPS) is 11.2. The Labute approximate surface area is 216 Å². The van der Waals surface area contributed by atoms with Gasteiger partial charge in [0, 0.05) is 24.6 Å². The van der Waals surface area contributed by atoms with E-state index < -0.39 is 13.2 Å². The van der Waals surface area contributed by atoms with Gasteiger partial charge in [0.2, 0.25) is 0 Å². The molecule has 0 aromatic heterocycles. The zero-order valence-electron chi connectivity index (χ0n) is 19.6. The molecule has 2 nitrogen and oxygen atoms in total. The Morgan fingerprint density at radius 3 is 1.37 bits per heavy atom. The minimum atomic E-state index is -2.50. The van der Waals surface area contributed by atoms with Crippen LogP contribution in [0.15, 0.2) is 72.8 Å². The van der Waals surface area contributed by atoms with Crippen LogP contribution in [0.25, 0.3) is 0 Å². The molecule has 3 rings (SSSR count). The molecular formula is C28H31BrF3O2P. The van der Waals surface area contributed by atoms with Crippen molar-refractivity contribution in [2.75, 3.05) is 6.16 Å². The SMILES string of the molecule is O=C(O)CCCCCCCCC[P+](c1cccc(F)c1)(c1cccc(F)c1)c1cccc(F)c1.[Br-]. The summed E-state index contributed by atoms with van der Waals surface area (Å²) in [6.07, 6.45) is 7.29. The van der Waals surface area contributed by atoms with Gasteiger partial charge in [0.25, 0.3) is 0 Å². The topological polar surface area (TPSA) is 37.3 Å². The van der Waals surface area contributed by atoms with Crippen LogP contribution in [0, 0.1) is 17.5 Å². The Bertz CT molecular complexity index is 982. The van der Waals surface area contributed by atoms with Gasteiger partial charge in [-0.1, -0.05) is 43.9 Å². The summed E-state index contributed by atoms with van der Waals surface area (Å²) in [5.41, 5.74) is 0. The fourth-order valence-electron chi connectivity index (χ4n) is 4.48. The number of rotatable bonds is 13. The molecule has 188 valence electrons. The van der Waals surface area contributed by atoms with Crippen LogP contribution in [-0.2, 0) is 4.79 Å². The maximum atomic E-state index is 14.4. The van der Waals surface area contributed by atoms with Gasteiger partial charge >= 0.3 is 5.97 Å². The minimum absolute atomic E-state index is 0. The van der Waals surface area contributed by atoms with E-state index in [9.17, 15) is 18.0 Å². The molecule has 1 N–H and O–H groups in total. The van der Waals surface area contributed by atoms with Crippen LogP contribution >= 0.6 is 7.26 Å². The van der Waals surface area contributed by atoms with E-state index in [-0.39, 0.29) is 40.9 Å². The molecule has 0 aliphatic rings. The Morgan fingerprint density at radius 2 is 1.00 bits per heavy atom. The van der Waals surface area contributed by atoms with Crippen molar-refractivity contribution in [3.05, 3.63) is 90.2 Å². The molecule has 7 heteroatoms. The summed E-state index contributed by atoms with van der Waals surface area (Å²) in [6, 6.07) is 19.3. The molecule has 0 saturated carbocycles. The van der Waals surface area contributed by atoms with Crippen molar-refractivity contribution in [2.45, 2.75) is 51.4 Å². The molecule has 0 radical (unpaired) electrons. The summed E-state index contributed by atoms with van der Waals surface area (Å²) >= 11 is 0. The first-order valence-electron chi connectivity index (χ1n) is 11.8. The predicted octanol–water partition coefficient (Wildman–Crippen LogP) is 3.61. The highest BCUT2D eigenvalue weighted by molar-refractivity contribution is 7.95. The van der Waals surface area contributed by atoms with E-state index in [1.807, 2.05) is 18.2 Å². The first kappa shape index (κ1) is 29.1. The first-order valence-corrected chi connectivity index (χ1v) is 13.8. The molecule has 0 heterocycles. The Kier molecular flexibility index (Phi) is 12.0. The molecule has 0 spiro atoms. The summed E-state index contributed by atoms with van der Waals surface area (Å²) in [7, 11) is -2.50. The number of carboxylic acids is 1. The standard InChI is InChI=1S/C28H30F3O2P.BrH/c29-22-11-8-14-25(19-22)34(26-15-9-12-23(30)20-26,27-16-10-13-24(31)21-27)18-7-5-3-1-2-4-6-17-28(32)33;/h8-16,19-21H,1-7,17-18H2;1H. The van der Waals surface area contributed by atoms with Gasteiger partial charge in [0.1, 0.15) is 40.6 Å². The fraction of sp³-hybridized carbons (Fsp3) is 0.321. The number of halogens is 4. The smallest absolute Gasteiger partial charge is 0.303 e. The molecule has 35 heavy (non-hydrogen) atoms. The lowest BCUT2D eigenvalue weighted by molar-refractivity contribution is -0.137. The van der Waals surface area contributed by atoms with Gasteiger partial charge in [0.15, 0.2) is 0 Å². The zero-order valence-corrected chi connectivity index (χ0v) is 22.1. The Hall–Kier alpha value is -2.17. The lowest BCUT2D eigenvalue weighted by atomic mass is 10.1. The van der Waals surface area contributed by atoms with Gasteiger partial charge in [-0.15, -0.1) is 0 Å². The van der Waals surface area contributed by atoms with Gasteiger partial charge in [-0.05, 0) is 55.7 Å². The van der Waals surface area contributed by atoms with Crippen LogP contribution in [0.2, 0.25) is 0 Å².